The molecule has 1 heterocycles. The summed E-state index contributed by atoms with van der Waals surface area (Å²) < 4.78 is 18.2. The zero-order chi connectivity index (χ0) is 13.0. The Morgan fingerprint density at radius 1 is 1.39 bits per heavy atom. The largest absolute Gasteiger partial charge is 0.481 e. The molecule has 1 aromatic heterocycles. The van der Waals surface area contributed by atoms with Crippen LogP contribution in [0.15, 0.2) is 34.9 Å². The van der Waals surface area contributed by atoms with Gasteiger partial charge in [0.05, 0.1) is 6.20 Å². The molecular weight excluding hydrogens is 237 g/mol. The highest BCUT2D eigenvalue weighted by Crippen LogP contribution is 2.10. The molecule has 0 saturated carbocycles. The molecule has 0 aliphatic carbocycles. The molecule has 0 saturated heterocycles. The highest BCUT2D eigenvalue weighted by Gasteiger charge is 2.08. The summed E-state index contributed by atoms with van der Waals surface area (Å²) in [5.74, 6) is -0.429. The summed E-state index contributed by atoms with van der Waals surface area (Å²) in [6, 6.07) is 6.32. The Morgan fingerprint density at radius 3 is 2.94 bits per heavy atom. The number of hydrogen-bond donors (Lipinski definition) is 1. The molecule has 0 unspecified atom stereocenters. The monoisotopic (exact) mass is 249 g/mol. The SMILES string of the molecule is O=C(O)Cc1cnc(CCc2cccc(F)c2)o1. The Balaban J connectivity index is 1.94. The van der Waals surface area contributed by atoms with Gasteiger partial charge in [-0.2, -0.15) is 0 Å². The number of nitrogens with zero attached hydrogens (tertiary/aromatic N) is 1. The van der Waals surface area contributed by atoms with Crippen molar-refractivity contribution in [3.8, 4) is 0 Å². The van der Waals surface area contributed by atoms with Gasteiger partial charge in [0, 0.05) is 6.42 Å². The second-order valence-corrected chi connectivity index (χ2v) is 3.92. The second kappa shape index (κ2) is 5.44. The van der Waals surface area contributed by atoms with Gasteiger partial charge in [0.1, 0.15) is 18.0 Å². The van der Waals surface area contributed by atoms with Crippen molar-refractivity contribution in [3.05, 3.63) is 53.5 Å². The van der Waals surface area contributed by atoms with E-state index in [1.165, 1.54) is 18.3 Å². The first-order valence-electron chi connectivity index (χ1n) is 5.53. The van der Waals surface area contributed by atoms with Crippen LogP contribution >= 0.6 is 0 Å². The number of aryl methyl sites for hydroxylation is 2. The van der Waals surface area contributed by atoms with E-state index in [2.05, 4.69) is 4.98 Å². The van der Waals surface area contributed by atoms with Crippen molar-refractivity contribution in [1.29, 1.82) is 0 Å². The van der Waals surface area contributed by atoms with E-state index in [1.54, 1.807) is 6.07 Å². The van der Waals surface area contributed by atoms with Crippen LogP contribution in [0.4, 0.5) is 4.39 Å². The molecule has 2 rings (SSSR count). The zero-order valence-corrected chi connectivity index (χ0v) is 9.60. The van der Waals surface area contributed by atoms with Crippen molar-refractivity contribution in [2.45, 2.75) is 19.3 Å². The number of halogens is 1. The van der Waals surface area contributed by atoms with Gasteiger partial charge in [-0.15, -0.1) is 0 Å². The number of oxazole rings is 1. The quantitative estimate of drug-likeness (QED) is 0.882. The third-order valence-electron chi connectivity index (χ3n) is 2.44. The molecule has 0 aliphatic rings. The van der Waals surface area contributed by atoms with Gasteiger partial charge in [0.2, 0.25) is 0 Å². The number of carboxylic acids is 1. The Morgan fingerprint density at radius 2 is 2.22 bits per heavy atom. The minimum atomic E-state index is -0.956. The van der Waals surface area contributed by atoms with Crippen LogP contribution in [-0.4, -0.2) is 16.1 Å². The Bertz CT molecular complexity index is 551. The van der Waals surface area contributed by atoms with Crippen LogP contribution in [0.5, 0.6) is 0 Å². The average molecular weight is 249 g/mol. The fourth-order valence-electron chi connectivity index (χ4n) is 1.64. The van der Waals surface area contributed by atoms with Crippen LogP contribution in [0.2, 0.25) is 0 Å². The molecule has 18 heavy (non-hydrogen) atoms. The average Bonchev–Trinajstić information content (AvgIpc) is 2.73. The fourth-order valence-corrected chi connectivity index (χ4v) is 1.64. The lowest BCUT2D eigenvalue weighted by Gasteiger charge is -1.98. The van der Waals surface area contributed by atoms with Crippen molar-refractivity contribution >= 4 is 5.97 Å². The normalized spacial score (nSPS) is 10.5. The molecule has 0 aliphatic heterocycles. The third kappa shape index (κ3) is 3.41. The van der Waals surface area contributed by atoms with Crippen LogP contribution in [0.25, 0.3) is 0 Å². The highest BCUT2D eigenvalue weighted by molar-refractivity contribution is 5.69. The summed E-state index contributed by atoms with van der Waals surface area (Å²) in [6.45, 7) is 0. The highest BCUT2D eigenvalue weighted by atomic mass is 19.1. The maximum absolute atomic E-state index is 12.9. The molecule has 0 bridgehead atoms. The zero-order valence-electron chi connectivity index (χ0n) is 9.60. The van der Waals surface area contributed by atoms with Gasteiger partial charge in [0.15, 0.2) is 5.89 Å². The smallest absolute Gasteiger partial charge is 0.311 e. The maximum Gasteiger partial charge on any atom is 0.311 e. The van der Waals surface area contributed by atoms with E-state index >= 15 is 0 Å². The minimum Gasteiger partial charge on any atom is -0.481 e. The van der Waals surface area contributed by atoms with Gasteiger partial charge in [-0.1, -0.05) is 12.1 Å². The Kier molecular flexibility index (Phi) is 3.72. The first-order valence-corrected chi connectivity index (χ1v) is 5.53. The summed E-state index contributed by atoms with van der Waals surface area (Å²) in [4.78, 5) is 14.4. The van der Waals surface area contributed by atoms with Crippen LogP contribution in [0.3, 0.4) is 0 Å². The molecule has 0 fully saturated rings. The van der Waals surface area contributed by atoms with Gasteiger partial charge < -0.3 is 9.52 Å². The molecule has 4 nitrogen and oxygen atoms in total. The van der Waals surface area contributed by atoms with E-state index < -0.39 is 5.97 Å². The molecule has 5 heteroatoms. The summed E-state index contributed by atoms with van der Waals surface area (Å²) >= 11 is 0. The van der Waals surface area contributed by atoms with Crippen LogP contribution in [0.1, 0.15) is 17.2 Å². The molecule has 0 atom stereocenters. The van der Waals surface area contributed by atoms with Crippen molar-refractivity contribution in [2.75, 3.05) is 0 Å². The molecule has 0 spiro atoms. The molecule has 1 N–H and O–H groups in total. The van der Waals surface area contributed by atoms with Crippen molar-refractivity contribution < 1.29 is 18.7 Å². The topological polar surface area (TPSA) is 63.3 Å². The minimum absolute atomic E-state index is 0.174. The number of aliphatic carboxylic acids is 1. The first kappa shape index (κ1) is 12.3. The van der Waals surface area contributed by atoms with E-state index in [1.807, 2.05) is 6.07 Å². The standard InChI is InChI=1S/C13H12FNO3/c14-10-3-1-2-9(6-10)4-5-12-15-8-11(18-12)7-13(16)17/h1-3,6,8H,4-5,7H2,(H,16,17). The predicted octanol–water partition coefficient (Wildman–Crippen LogP) is 2.23. The molecule has 94 valence electrons. The number of rotatable bonds is 5. The fraction of sp³-hybridized carbons (Fsp3) is 0.231. The number of carboxylic acid groups (broad SMARTS) is 1. The lowest BCUT2D eigenvalue weighted by Crippen LogP contribution is -1.98. The van der Waals surface area contributed by atoms with Crippen LogP contribution in [0, 0.1) is 5.82 Å². The van der Waals surface area contributed by atoms with Crippen LogP contribution in [-0.2, 0) is 24.1 Å². The number of benzene rings is 1. The first-order chi connectivity index (χ1) is 8.63. The molecular formula is C13H12FNO3. The number of hydrogen-bond acceptors (Lipinski definition) is 3. The van der Waals surface area contributed by atoms with Crippen LogP contribution < -0.4 is 0 Å². The van der Waals surface area contributed by atoms with E-state index in [0.717, 1.165) is 5.56 Å². The lowest BCUT2D eigenvalue weighted by atomic mass is 10.1. The van der Waals surface area contributed by atoms with Gasteiger partial charge in [-0.25, -0.2) is 9.37 Å². The lowest BCUT2D eigenvalue weighted by molar-refractivity contribution is -0.136. The summed E-state index contributed by atoms with van der Waals surface area (Å²) in [5.41, 5.74) is 0.855. The Labute approximate surface area is 103 Å². The Hall–Kier alpha value is -2.17. The van der Waals surface area contributed by atoms with E-state index in [0.29, 0.717) is 24.5 Å². The summed E-state index contributed by atoms with van der Waals surface area (Å²) in [6.07, 6.45) is 2.36. The third-order valence-corrected chi connectivity index (χ3v) is 2.44. The number of carbonyl (C=O) groups is 1. The van der Waals surface area contributed by atoms with Gasteiger partial charge >= 0.3 is 5.97 Å². The number of aromatic nitrogens is 1. The maximum atomic E-state index is 12.9. The molecule has 0 radical (unpaired) electrons. The predicted molar refractivity (Wildman–Crippen MR) is 61.7 cm³/mol. The molecule has 0 amide bonds. The van der Waals surface area contributed by atoms with Gasteiger partial charge in [0.25, 0.3) is 0 Å². The van der Waals surface area contributed by atoms with E-state index in [4.69, 9.17) is 9.52 Å². The van der Waals surface area contributed by atoms with Crippen molar-refractivity contribution in [3.63, 3.8) is 0 Å². The molecule has 1 aromatic carbocycles. The van der Waals surface area contributed by atoms with Crippen molar-refractivity contribution in [2.24, 2.45) is 0 Å². The van der Waals surface area contributed by atoms with E-state index in [9.17, 15) is 9.18 Å². The second-order valence-electron chi connectivity index (χ2n) is 3.92. The molecule has 2 aromatic rings. The summed E-state index contributed by atoms with van der Waals surface area (Å²) in [7, 11) is 0. The van der Waals surface area contributed by atoms with Crippen molar-refractivity contribution in [1.82, 2.24) is 4.98 Å². The van der Waals surface area contributed by atoms with Gasteiger partial charge in [-0.3, -0.25) is 4.79 Å². The van der Waals surface area contributed by atoms with Gasteiger partial charge in [-0.05, 0) is 24.1 Å². The van der Waals surface area contributed by atoms with E-state index in [-0.39, 0.29) is 12.2 Å². The summed E-state index contributed by atoms with van der Waals surface area (Å²) in [5, 5.41) is 8.59.